The lowest BCUT2D eigenvalue weighted by molar-refractivity contribution is -0.156. The zero-order valence-electron chi connectivity index (χ0n) is 50.2. The maximum absolute atomic E-state index is 14.5. The third-order valence-corrected chi connectivity index (χ3v) is 14.1. The molecule has 0 aromatic heterocycles. The summed E-state index contributed by atoms with van der Waals surface area (Å²) in [7, 11) is 0. The molecule has 1 aliphatic heterocycles. The van der Waals surface area contributed by atoms with E-state index in [1.165, 1.54) is 6.42 Å². The van der Waals surface area contributed by atoms with Crippen molar-refractivity contribution < 1.29 is 57.4 Å². The third-order valence-electron chi connectivity index (χ3n) is 14.1. The van der Waals surface area contributed by atoms with Crippen LogP contribution in [-0.4, -0.2) is 108 Å². The van der Waals surface area contributed by atoms with E-state index in [0.717, 1.165) is 38.5 Å². The second-order valence-electron chi connectivity index (χ2n) is 23.9. The van der Waals surface area contributed by atoms with E-state index in [9.17, 15) is 47.9 Å². The van der Waals surface area contributed by atoms with Gasteiger partial charge < -0.3 is 52.4 Å². The van der Waals surface area contributed by atoms with Gasteiger partial charge in [-0.2, -0.15) is 0 Å². The Labute approximate surface area is 476 Å². The number of esters is 2. The number of unbranched alkanes of at least 4 members (excludes halogenated alkanes) is 6. The number of carbonyl (C=O) groups is 10. The normalized spacial score (nSPS) is 23.2. The zero-order chi connectivity index (χ0) is 60.1. The second kappa shape index (κ2) is 37.0. The van der Waals surface area contributed by atoms with Crippen molar-refractivity contribution in [2.45, 2.75) is 247 Å². The number of cyclic esters (lactones) is 1. The Morgan fingerprint density at radius 1 is 0.550 bits per heavy atom. The molecule has 1 aromatic rings. The van der Waals surface area contributed by atoms with Gasteiger partial charge in [-0.1, -0.05) is 165 Å². The maximum Gasteiger partial charge on any atom is 0.329 e. The number of carbonyl (C=O) groups excluding carboxylic acids is 10. The molecule has 1 saturated heterocycles. The van der Waals surface area contributed by atoms with Crippen molar-refractivity contribution in [2.75, 3.05) is 0 Å². The molecule has 1 unspecified atom stereocenters. The van der Waals surface area contributed by atoms with E-state index in [1.54, 1.807) is 51.1 Å². The Hall–Kier alpha value is -6.08. The number of rotatable bonds is 26. The molecular formula is C60H100N8O12. The summed E-state index contributed by atoms with van der Waals surface area (Å²) in [4.78, 5) is 141. The molecule has 9 N–H and O–H groups in total. The van der Waals surface area contributed by atoms with Crippen molar-refractivity contribution in [3.8, 4) is 0 Å². The van der Waals surface area contributed by atoms with E-state index < -0.39 is 132 Å². The molecule has 1 aromatic carbocycles. The van der Waals surface area contributed by atoms with Gasteiger partial charge in [0.25, 0.3) is 0 Å². The summed E-state index contributed by atoms with van der Waals surface area (Å²) in [5, 5.41) is 19.1. The van der Waals surface area contributed by atoms with Crippen LogP contribution in [0.1, 0.15) is 198 Å². The van der Waals surface area contributed by atoms with Crippen LogP contribution in [0, 0.1) is 35.5 Å². The Balaban J connectivity index is 2.79. The molecule has 1 aliphatic rings. The molecule has 452 valence electrons. The Kier molecular flexibility index (Phi) is 32.4. The molecule has 8 amide bonds. The third kappa shape index (κ3) is 27.9. The van der Waals surface area contributed by atoms with Crippen LogP contribution in [0.2, 0.25) is 0 Å². The zero-order valence-corrected chi connectivity index (χ0v) is 50.2. The molecule has 20 nitrogen and oxygen atoms in total. The van der Waals surface area contributed by atoms with Crippen LogP contribution in [0.25, 0.3) is 0 Å². The average Bonchev–Trinajstić information content (AvgIpc) is 3.37. The fraction of sp³-hybridized carbons (Fsp3) is 0.733. The lowest BCUT2D eigenvalue weighted by Crippen LogP contribution is -2.61. The summed E-state index contributed by atoms with van der Waals surface area (Å²) in [5.74, 6) is -8.92. The van der Waals surface area contributed by atoms with Gasteiger partial charge in [-0.05, 0) is 79.6 Å². The number of benzene rings is 1. The molecule has 20 heteroatoms. The smallest absolute Gasteiger partial charge is 0.329 e. The van der Waals surface area contributed by atoms with Crippen molar-refractivity contribution in [1.82, 2.24) is 37.2 Å². The number of amides is 8. The van der Waals surface area contributed by atoms with E-state index in [0.29, 0.717) is 24.3 Å². The van der Waals surface area contributed by atoms with Gasteiger partial charge in [-0.25, -0.2) is 4.79 Å². The highest BCUT2D eigenvalue weighted by Gasteiger charge is 2.38. The molecule has 0 spiro atoms. The summed E-state index contributed by atoms with van der Waals surface area (Å²) >= 11 is 0. The first-order valence-electron chi connectivity index (χ1n) is 29.5. The maximum atomic E-state index is 14.5. The summed E-state index contributed by atoms with van der Waals surface area (Å²) < 4.78 is 11.7. The Morgan fingerprint density at radius 2 is 1.01 bits per heavy atom. The predicted octanol–water partition coefficient (Wildman–Crippen LogP) is 6.10. The van der Waals surface area contributed by atoms with Gasteiger partial charge in [0.1, 0.15) is 55.0 Å². The van der Waals surface area contributed by atoms with Gasteiger partial charge in [-0.15, -0.1) is 0 Å². The molecule has 0 saturated carbocycles. The molecule has 9 atom stereocenters. The highest BCUT2D eigenvalue weighted by Crippen LogP contribution is 2.20. The molecule has 0 radical (unpaired) electrons. The van der Waals surface area contributed by atoms with Crippen molar-refractivity contribution in [3.05, 3.63) is 35.9 Å². The molecule has 2 rings (SSSR count). The Bertz CT molecular complexity index is 2140. The number of nitrogens with two attached hydrogens (primary N) is 1. The molecule has 80 heavy (non-hydrogen) atoms. The number of ether oxygens (including phenoxy) is 2. The van der Waals surface area contributed by atoms with Crippen LogP contribution >= 0.6 is 0 Å². The van der Waals surface area contributed by atoms with E-state index >= 15 is 0 Å². The molecule has 1 fully saturated rings. The molecule has 0 bridgehead atoms. The summed E-state index contributed by atoms with van der Waals surface area (Å²) in [6.07, 6.45) is 6.16. The van der Waals surface area contributed by atoms with E-state index in [1.807, 2.05) is 48.5 Å². The van der Waals surface area contributed by atoms with Crippen molar-refractivity contribution >= 4 is 59.2 Å². The summed E-state index contributed by atoms with van der Waals surface area (Å²) in [6.45, 7) is 22.1. The van der Waals surface area contributed by atoms with E-state index in [-0.39, 0.29) is 62.9 Å². The van der Waals surface area contributed by atoms with Crippen LogP contribution in [-0.2, 0) is 64.0 Å². The van der Waals surface area contributed by atoms with Crippen molar-refractivity contribution in [2.24, 2.45) is 41.2 Å². The standard InChI is InChI=1S/C60H100N8O12/c1-13-41(12)53-60(78)80-43(27-23-18-16-14-15-17-20-24-36(2)3)33-50(70)62-44(28-29-49(61)69)54(72)63-45(30-37(4)5)55(73)64-46(31-38(6)7)57(75)67-52(40(10)11)59(77)66-48(34-51(71)79-35-42-25-21-19-22-26-42)56(74)65-47(32-39(8)9)58(76)68-53/h19,21-22,25-26,36-41,43-48,52-53H,13-18,20,23-24,27-35H2,1-12H3,(H2,61,69)(H,62,70)(H,63,72)(H,64,73)(H,65,74)(H,66,77)(H,67,75)(H,68,76)/t41-,43?,44-,45-,46+,47+,48-,52-,53-/m0/s1. The van der Waals surface area contributed by atoms with Crippen LogP contribution < -0.4 is 43.0 Å². The first kappa shape index (κ1) is 70.0. The summed E-state index contributed by atoms with van der Waals surface area (Å²) in [6, 6.07) is -0.538. The summed E-state index contributed by atoms with van der Waals surface area (Å²) in [5.41, 5.74) is 6.20. The van der Waals surface area contributed by atoms with Crippen molar-refractivity contribution in [1.29, 1.82) is 0 Å². The minimum atomic E-state index is -1.63. The Morgan fingerprint density at radius 3 is 1.50 bits per heavy atom. The topological polar surface area (TPSA) is 299 Å². The highest BCUT2D eigenvalue weighted by atomic mass is 16.5. The van der Waals surface area contributed by atoms with Gasteiger partial charge in [0.15, 0.2) is 0 Å². The van der Waals surface area contributed by atoms with Gasteiger partial charge in [-0.3, -0.25) is 43.2 Å². The van der Waals surface area contributed by atoms with Gasteiger partial charge in [0.05, 0.1) is 12.8 Å². The minimum Gasteiger partial charge on any atom is -0.461 e. The van der Waals surface area contributed by atoms with Gasteiger partial charge >= 0.3 is 11.9 Å². The lowest BCUT2D eigenvalue weighted by atomic mass is 9.97. The van der Waals surface area contributed by atoms with Crippen molar-refractivity contribution in [3.63, 3.8) is 0 Å². The number of primary amides is 1. The quantitative estimate of drug-likeness (QED) is 0.0386. The number of nitrogens with one attached hydrogen (secondary N) is 7. The monoisotopic (exact) mass is 1120 g/mol. The first-order valence-corrected chi connectivity index (χ1v) is 29.5. The lowest BCUT2D eigenvalue weighted by Gasteiger charge is -2.30. The van der Waals surface area contributed by atoms with Crippen LogP contribution in [0.3, 0.4) is 0 Å². The number of hydrogen-bond donors (Lipinski definition) is 8. The predicted molar refractivity (Wildman–Crippen MR) is 306 cm³/mol. The molecule has 1 heterocycles. The fourth-order valence-corrected chi connectivity index (χ4v) is 9.34. The SMILES string of the molecule is CC[C@H](C)[C@@H]1NC(=O)[C@@H](CC(C)C)NC(=O)[C@H](CC(=O)OCc2ccccc2)NC(=O)[C@H](C(C)C)NC(=O)[C@@H](CC(C)C)NC(=O)[C@H](CC(C)C)NC(=O)[C@H](CCC(N)=O)NC(=O)CC(CCCCCCCCCC(C)C)OC1=O. The molecular weight excluding hydrogens is 1020 g/mol. The highest BCUT2D eigenvalue weighted by molar-refractivity contribution is 5.98. The van der Waals surface area contributed by atoms with Crippen LogP contribution in [0.5, 0.6) is 0 Å². The molecule has 0 aliphatic carbocycles. The largest absolute Gasteiger partial charge is 0.461 e. The second-order valence-corrected chi connectivity index (χ2v) is 23.9. The van der Waals surface area contributed by atoms with Gasteiger partial charge in [0, 0.05) is 6.42 Å². The van der Waals surface area contributed by atoms with E-state index in [2.05, 4.69) is 51.1 Å². The van der Waals surface area contributed by atoms with E-state index in [4.69, 9.17) is 15.2 Å². The first-order chi connectivity index (χ1) is 37.7. The van der Waals surface area contributed by atoms with Crippen LogP contribution in [0.15, 0.2) is 30.3 Å². The van der Waals surface area contributed by atoms with Gasteiger partial charge in [0.2, 0.25) is 47.3 Å². The number of hydrogen-bond acceptors (Lipinski definition) is 12. The van der Waals surface area contributed by atoms with Crippen LogP contribution in [0.4, 0.5) is 0 Å². The minimum absolute atomic E-state index is 0.0651. The fourth-order valence-electron chi connectivity index (χ4n) is 9.34. The average molecular weight is 1130 g/mol.